The van der Waals surface area contributed by atoms with Crippen LogP contribution in [0.1, 0.15) is 5.56 Å². The number of fused-ring (bicyclic) bond motifs is 1. The smallest absolute Gasteiger partial charge is 0.189 e. The lowest BCUT2D eigenvalue weighted by Crippen LogP contribution is -2.36. The molecule has 3 aromatic rings. The van der Waals surface area contributed by atoms with Gasteiger partial charge in [0.1, 0.15) is 5.82 Å². The van der Waals surface area contributed by atoms with E-state index in [1.165, 1.54) is 0 Å². The molecule has 0 amide bonds. The Bertz CT molecular complexity index is 911. The van der Waals surface area contributed by atoms with Gasteiger partial charge in [0.25, 0.3) is 0 Å². The van der Waals surface area contributed by atoms with Crippen molar-refractivity contribution in [1.82, 2.24) is 9.97 Å². The fourth-order valence-corrected chi connectivity index (χ4v) is 3.52. The van der Waals surface area contributed by atoms with Crippen molar-refractivity contribution in [1.29, 1.82) is 5.26 Å². The first-order valence-corrected chi connectivity index (χ1v) is 8.50. The van der Waals surface area contributed by atoms with Crippen LogP contribution in [0.2, 0.25) is 0 Å². The zero-order valence-electron chi connectivity index (χ0n) is 12.9. The molecule has 1 N–H and O–H groups in total. The van der Waals surface area contributed by atoms with Crippen LogP contribution in [-0.2, 0) is 4.74 Å². The van der Waals surface area contributed by atoms with Gasteiger partial charge in [0.15, 0.2) is 5.13 Å². The van der Waals surface area contributed by atoms with Gasteiger partial charge in [-0.2, -0.15) is 5.26 Å². The summed E-state index contributed by atoms with van der Waals surface area (Å²) in [4.78, 5) is 11.2. The highest BCUT2D eigenvalue weighted by atomic mass is 32.1. The second-order valence-electron chi connectivity index (χ2n) is 5.44. The highest BCUT2D eigenvalue weighted by Gasteiger charge is 2.12. The van der Waals surface area contributed by atoms with E-state index in [9.17, 15) is 0 Å². The molecule has 4 rings (SSSR count). The summed E-state index contributed by atoms with van der Waals surface area (Å²) in [6, 6.07) is 11.7. The number of nitrogens with one attached hydrogen (secondary N) is 1. The summed E-state index contributed by atoms with van der Waals surface area (Å²) in [5.74, 6) is 0.763. The first-order valence-electron chi connectivity index (χ1n) is 7.68. The predicted octanol–water partition coefficient (Wildman–Crippen LogP) is 3.14. The fraction of sp³-hybridized carbons (Fsp3) is 0.235. The van der Waals surface area contributed by atoms with Crippen LogP contribution in [-0.4, -0.2) is 36.3 Å². The summed E-state index contributed by atoms with van der Waals surface area (Å²) in [6.45, 7) is 3.29. The standard InChI is InChI=1S/C17H15N5OS/c18-11-12-1-2-15-14(9-12)20-17(24-15)21-16-10-13(3-4-19-16)22-5-7-23-8-6-22/h1-4,9-10H,5-8H2,(H,19,20,21). The molecule has 120 valence electrons. The van der Waals surface area contributed by atoms with Gasteiger partial charge in [0, 0.05) is 31.0 Å². The topological polar surface area (TPSA) is 74.1 Å². The number of nitrogens with zero attached hydrogens (tertiary/aromatic N) is 4. The van der Waals surface area contributed by atoms with E-state index in [-0.39, 0.29) is 0 Å². The van der Waals surface area contributed by atoms with Crippen molar-refractivity contribution in [3.05, 3.63) is 42.1 Å². The van der Waals surface area contributed by atoms with Crippen LogP contribution in [0, 0.1) is 11.3 Å². The van der Waals surface area contributed by atoms with Crippen LogP contribution in [0.15, 0.2) is 36.5 Å². The average molecular weight is 337 g/mol. The zero-order chi connectivity index (χ0) is 16.4. The monoisotopic (exact) mass is 337 g/mol. The Morgan fingerprint density at radius 2 is 2.08 bits per heavy atom. The molecular weight excluding hydrogens is 322 g/mol. The minimum absolute atomic E-state index is 0.617. The highest BCUT2D eigenvalue weighted by Crippen LogP contribution is 2.29. The molecule has 0 spiro atoms. The molecule has 0 bridgehead atoms. The molecule has 0 atom stereocenters. The molecule has 1 saturated heterocycles. The Labute approximate surface area is 143 Å². The maximum Gasteiger partial charge on any atom is 0.189 e. The molecule has 1 aliphatic heterocycles. The molecule has 1 aliphatic rings. The maximum atomic E-state index is 8.98. The Morgan fingerprint density at radius 1 is 1.21 bits per heavy atom. The van der Waals surface area contributed by atoms with Crippen molar-refractivity contribution < 1.29 is 4.74 Å². The number of ether oxygens (including phenoxy) is 1. The maximum absolute atomic E-state index is 8.98. The number of hydrogen-bond donors (Lipinski definition) is 1. The molecule has 1 fully saturated rings. The largest absolute Gasteiger partial charge is 0.378 e. The number of hydrogen-bond acceptors (Lipinski definition) is 7. The summed E-state index contributed by atoms with van der Waals surface area (Å²) in [7, 11) is 0. The Morgan fingerprint density at radius 3 is 2.92 bits per heavy atom. The molecule has 0 aliphatic carbocycles. The number of aromatic nitrogens is 2. The summed E-state index contributed by atoms with van der Waals surface area (Å²) < 4.78 is 6.44. The first-order chi connectivity index (χ1) is 11.8. The molecule has 24 heavy (non-hydrogen) atoms. The van der Waals surface area contributed by atoms with Crippen molar-refractivity contribution in [2.24, 2.45) is 0 Å². The van der Waals surface area contributed by atoms with E-state index in [0.29, 0.717) is 5.56 Å². The van der Waals surface area contributed by atoms with E-state index in [1.807, 2.05) is 24.3 Å². The molecule has 7 heteroatoms. The number of morpholine rings is 1. The second-order valence-corrected chi connectivity index (χ2v) is 6.47. The van der Waals surface area contributed by atoms with Crippen molar-refractivity contribution in [2.75, 3.05) is 36.5 Å². The van der Waals surface area contributed by atoms with E-state index >= 15 is 0 Å². The lowest BCUT2D eigenvalue weighted by atomic mass is 10.2. The fourth-order valence-electron chi connectivity index (χ4n) is 2.67. The highest BCUT2D eigenvalue weighted by molar-refractivity contribution is 7.22. The lowest BCUT2D eigenvalue weighted by Gasteiger charge is -2.28. The van der Waals surface area contributed by atoms with Gasteiger partial charge in [0.2, 0.25) is 0 Å². The summed E-state index contributed by atoms with van der Waals surface area (Å²) in [5, 5.41) is 13.0. The molecule has 0 saturated carbocycles. The van der Waals surface area contributed by atoms with Crippen LogP contribution in [0.25, 0.3) is 10.2 Å². The Hall–Kier alpha value is -2.69. The van der Waals surface area contributed by atoms with Gasteiger partial charge in [-0.3, -0.25) is 0 Å². The summed E-state index contributed by atoms with van der Waals surface area (Å²) in [6.07, 6.45) is 1.80. The molecule has 3 heterocycles. The van der Waals surface area contributed by atoms with E-state index in [4.69, 9.17) is 10.00 Å². The number of pyridine rings is 1. The SMILES string of the molecule is N#Cc1ccc2sc(Nc3cc(N4CCOCC4)ccn3)nc2c1. The quantitative estimate of drug-likeness (QED) is 0.791. The third kappa shape index (κ3) is 3.02. The van der Waals surface area contributed by atoms with Crippen LogP contribution in [0.5, 0.6) is 0 Å². The third-order valence-corrected chi connectivity index (χ3v) is 4.82. The summed E-state index contributed by atoms with van der Waals surface area (Å²) >= 11 is 1.55. The number of rotatable bonds is 3. The van der Waals surface area contributed by atoms with Gasteiger partial charge in [-0.25, -0.2) is 9.97 Å². The van der Waals surface area contributed by atoms with Gasteiger partial charge < -0.3 is 15.0 Å². The lowest BCUT2D eigenvalue weighted by molar-refractivity contribution is 0.122. The van der Waals surface area contributed by atoms with Crippen LogP contribution in [0.3, 0.4) is 0 Å². The van der Waals surface area contributed by atoms with Crippen LogP contribution in [0.4, 0.5) is 16.6 Å². The molecule has 0 radical (unpaired) electrons. The van der Waals surface area contributed by atoms with Crippen molar-refractivity contribution in [3.63, 3.8) is 0 Å². The van der Waals surface area contributed by atoms with Crippen molar-refractivity contribution in [3.8, 4) is 6.07 Å². The van der Waals surface area contributed by atoms with E-state index < -0.39 is 0 Å². The predicted molar refractivity (Wildman–Crippen MR) is 94.9 cm³/mol. The molecule has 0 unspecified atom stereocenters. The molecular formula is C17H15N5OS. The first kappa shape index (κ1) is 14.9. The number of anilines is 3. The molecule has 6 nitrogen and oxygen atoms in total. The number of benzene rings is 1. The van der Waals surface area contributed by atoms with Gasteiger partial charge in [0.05, 0.1) is 35.1 Å². The minimum Gasteiger partial charge on any atom is -0.378 e. The average Bonchev–Trinajstić information content (AvgIpc) is 3.04. The van der Waals surface area contributed by atoms with Gasteiger partial charge in [-0.1, -0.05) is 11.3 Å². The Balaban J connectivity index is 1.57. The van der Waals surface area contributed by atoms with Gasteiger partial charge in [-0.15, -0.1) is 0 Å². The third-order valence-electron chi connectivity index (χ3n) is 3.87. The van der Waals surface area contributed by atoms with Crippen LogP contribution >= 0.6 is 11.3 Å². The van der Waals surface area contributed by atoms with Gasteiger partial charge in [-0.05, 0) is 24.3 Å². The van der Waals surface area contributed by atoms with Crippen molar-refractivity contribution in [2.45, 2.75) is 0 Å². The van der Waals surface area contributed by atoms with E-state index in [1.54, 1.807) is 23.6 Å². The molecule has 2 aromatic heterocycles. The Kier molecular flexibility index (Phi) is 3.99. The molecule has 1 aromatic carbocycles. The van der Waals surface area contributed by atoms with E-state index in [0.717, 1.165) is 53.2 Å². The minimum atomic E-state index is 0.617. The van der Waals surface area contributed by atoms with Gasteiger partial charge >= 0.3 is 0 Å². The van der Waals surface area contributed by atoms with Crippen molar-refractivity contribution >= 4 is 38.2 Å². The number of thiazole rings is 1. The normalized spacial score (nSPS) is 14.5. The zero-order valence-corrected chi connectivity index (χ0v) is 13.7. The number of nitriles is 1. The van der Waals surface area contributed by atoms with E-state index in [2.05, 4.69) is 26.3 Å². The summed E-state index contributed by atoms with van der Waals surface area (Å²) in [5.41, 5.74) is 2.57. The van der Waals surface area contributed by atoms with Crippen LogP contribution < -0.4 is 10.2 Å². The second kappa shape index (κ2) is 6.43.